The lowest BCUT2D eigenvalue weighted by Gasteiger charge is -2.58. The lowest BCUT2D eigenvalue weighted by molar-refractivity contribution is -0.166. The highest BCUT2D eigenvalue weighted by atomic mass is 16.6. The number of allylic oxidation sites excluding steroid dienone is 3. The van der Waals surface area contributed by atoms with E-state index in [2.05, 4.69) is 32.9 Å². The van der Waals surface area contributed by atoms with Gasteiger partial charge in [-0.2, -0.15) is 0 Å². The zero-order valence-electron chi connectivity index (χ0n) is 17.2. The van der Waals surface area contributed by atoms with Crippen LogP contribution in [-0.4, -0.2) is 18.2 Å². The molecule has 0 N–H and O–H groups in total. The van der Waals surface area contributed by atoms with Gasteiger partial charge in [0.25, 0.3) is 0 Å². The lowest BCUT2D eigenvalue weighted by Crippen LogP contribution is -2.54. The van der Waals surface area contributed by atoms with Gasteiger partial charge in [-0.1, -0.05) is 18.6 Å². The molecule has 0 unspecified atom stereocenters. The summed E-state index contributed by atoms with van der Waals surface area (Å²) in [4.78, 5) is 12.0. The quantitative estimate of drug-likeness (QED) is 0.472. The summed E-state index contributed by atoms with van der Waals surface area (Å²) in [6.07, 6.45) is 14.7. The third kappa shape index (κ3) is 2.17. The van der Waals surface area contributed by atoms with Crippen molar-refractivity contribution in [2.75, 3.05) is 6.61 Å². The molecule has 0 amide bonds. The van der Waals surface area contributed by atoms with E-state index < -0.39 is 0 Å². The summed E-state index contributed by atoms with van der Waals surface area (Å²) in [5.74, 6) is 3.30. The number of fused-ring (bicyclic) bond motifs is 6. The summed E-state index contributed by atoms with van der Waals surface area (Å²) in [7, 11) is 0. The fourth-order valence-electron chi connectivity index (χ4n) is 7.99. The number of esters is 1. The second-order valence-corrected chi connectivity index (χ2v) is 10.0. The molecular weight excluding hydrogens is 336 g/mol. The van der Waals surface area contributed by atoms with Crippen molar-refractivity contribution < 1.29 is 14.3 Å². The molecule has 0 bridgehead atoms. The average molecular weight is 371 g/mol. The Morgan fingerprint density at radius 2 is 1.93 bits per heavy atom. The molecule has 3 heteroatoms. The van der Waals surface area contributed by atoms with Crippen molar-refractivity contribution in [3.63, 3.8) is 0 Å². The highest BCUT2D eigenvalue weighted by Gasteiger charge is 2.67. The summed E-state index contributed by atoms with van der Waals surface area (Å²) < 4.78 is 12.3. The number of hydrogen-bond donors (Lipinski definition) is 0. The number of carbonyl (C=O) groups is 1. The Morgan fingerprint density at radius 3 is 2.67 bits per heavy atom. The maximum Gasteiger partial charge on any atom is 0.306 e. The second kappa shape index (κ2) is 5.87. The maximum atomic E-state index is 12.0. The van der Waals surface area contributed by atoms with E-state index in [-0.39, 0.29) is 22.4 Å². The van der Waals surface area contributed by atoms with Gasteiger partial charge in [-0.15, -0.1) is 0 Å². The van der Waals surface area contributed by atoms with Crippen LogP contribution in [-0.2, 0) is 14.3 Å². The minimum atomic E-state index is -0.171. The number of rotatable bonds is 2. The molecule has 4 aliphatic carbocycles. The highest BCUT2D eigenvalue weighted by molar-refractivity contribution is 5.72. The van der Waals surface area contributed by atoms with E-state index in [1.165, 1.54) is 37.9 Å². The van der Waals surface area contributed by atoms with Crippen molar-refractivity contribution in [2.24, 2.45) is 28.6 Å². The summed E-state index contributed by atoms with van der Waals surface area (Å²) in [5, 5.41) is 0. The Balaban J connectivity index is 1.51. The van der Waals surface area contributed by atoms with Crippen molar-refractivity contribution in [1.82, 2.24) is 0 Å². The molecule has 0 aromatic rings. The van der Waals surface area contributed by atoms with E-state index in [4.69, 9.17) is 9.47 Å². The van der Waals surface area contributed by atoms with Crippen LogP contribution in [0.3, 0.4) is 0 Å². The molecule has 6 atom stereocenters. The van der Waals surface area contributed by atoms with E-state index in [1.54, 1.807) is 5.57 Å². The van der Waals surface area contributed by atoms with Crippen molar-refractivity contribution in [3.8, 4) is 0 Å². The number of hydrogen-bond acceptors (Lipinski definition) is 3. The molecule has 3 fully saturated rings. The summed E-state index contributed by atoms with van der Waals surface area (Å²) in [5.41, 5.74) is 1.70. The smallest absolute Gasteiger partial charge is 0.306 e. The van der Waals surface area contributed by atoms with E-state index in [0.717, 1.165) is 25.9 Å². The molecule has 5 aliphatic rings. The molecule has 1 heterocycles. The van der Waals surface area contributed by atoms with E-state index in [9.17, 15) is 4.79 Å². The molecule has 3 nitrogen and oxygen atoms in total. The van der Waals surface area contributed by atoms with Gasteiger partial charge in [0.05, 0.1) is 6.61 Å². The molecule has 0 aromatic heterocycles. The Morgan fingerprint density at radius 1 is 1.11 bits per heavy atom. The van der Waals surface area contributed by atoms with Crippen LogP contribution in [0.2, 0.25) is 0 Å². The van der Waals surface area contributed by atoms with Gasteiger partial charge >= 0.3 is 5.97 Å². The van der Waals surface area contributed by atoms with Crippen molar-refractivity contribution in [1.29, 1.82) is 0 Å². The second-order valence-electron chi connectivity index (χ2n) is 10.0. The topological polar surface area (TPSA) is 35.5 Å². The van der Waals surface area contributed by atoms with Gasteiger partial charge < -0.3 is 9.47 Å². The van der Waals surface area contributed by atoms with Crippen LogP contribution in [0.1, 0.15) is 78.6 Å². The Labute approximate surface area is 163 Å². The van der Waals surface area contributed by atoms with Crippen LogP contribution in [0.5, 0.6) is 0 Å². The molecule has 1 saturated heterocycles. The van der Waals surface area contributed by atoms with Crippen LogP contribution >= 0.6 is 0 Å². The first-order chi connectivity index (χ1) is 12.9. The number of ether oxygens (including phenoxy) is 2. The van der Waals surface area contributed by atoms with Gasteiger partial charge in [0.1, 0.15) is 11.4 Å². The van der Waals surface area contributed by atoms with Crippen molar-refractivity contribution in [2.45, 2.75) is 84.2 Å². The van der Waals surface area contributed by atoms with Crippen molar-refractivity contribution >= 4 is 5.97 Å². The SMILES string of the molecule is CCOC1=CCCC2=CC[C@@H]3[C@H](CC[C@]4(C)[C@H]3CC[C@@]43CCC(=O)O3)[C@@]21C. The van der Waals surface area contributed by atoms with Gasteiger partial charge in [0, 0.05) is 17.3 Å². The van der Waals surface area contributed by atoms with Gasteiger partial charge in [0.15, 0.2) is 0 Å². The Hall–Kier alpha value is -1.25. The predicted molar refractivity (Wildman–Crippen MR) is 105 cm³/mol. The van der Waals surface area contributed by atoms with Crippen LogP contribution in [0.25, 0.3) is 0 Å². The molecular formula is C24H34O3. The first-order valence-electron chi connectivity index (χ1n) is 11.2. The largest absolute Gasteiger partial charge is 0.498 e. The zero-order valence-corrected chi connectivity index (χ0v) is 17.2. The van der Waals surface area contributed by atoms with Gasteiger partial charge in [-0.05, 0) is 89.0 Å². The summed E-state index contributed by atoms with van der Waals surface area (Å²) >= 11 is 0. The molecule has 5 rings (SSSR count). The Kier molecular flexibility index (Phi) is 3.88. The highest BCUT2D eigenvalue weighted by Crippen LogP contribution is 2.69. The number of carbonyl (C=O) groups excluding carboxylic acids is 1. The van der Waals surface area contributed by atoms with Gasteiger partial charge in [0.2, 0.25) is 0 Å². The van der Waals surface area contributed by atoms with E-state index in [0.29, 0.717) is 24.2 Å². The Bertz CT molecular complexity index is 721. The summed E-state index contributed by atoms with van der Waals surface area (Å²) in [6, 6.07) is 0. The first kappa shape index (κ1) is 17.8. The van der Waals surface area contributed by atoms with Crippen molar-refractivity contribution in [3.05, 3.63) is 23.5 Å². The zero-order chi connectivity index (χ0) is 18.9. The average Bonchev–Trinajstić information content (AvgIpc) is 3.17. The molecule has 0 radical (unpaired) electrons. The standard InChI is InChI=1S/C24H34O3/c1-4-26-20-7-5-6-16-8-9-17-18-11-14-24(15-12-21(25)27-24)22(18,2)13-10-19(17)23(16,20)3/h7-8,17-19H,4-6,9-15H2,1-3H3/t17-,18-,19-,22+,23+,24+/m0/s1. The minimum absolute atomic E-state index is 0.0330. The molecule has 148 valence electrons. The van der Waals surface area contributed by atoms with Crippen LogP contribution in [0.4, 0.5) is 0 Å². The van der Waals surface area contributed by atoms with Crippen LogP contribution in [0.15, 0.2) is 23.5 Å². The minimum Gasteiger partial charge on any atom is -0.498 e. The fraction of sp³-hybridized carbons (Fsp3) is 0.792. The monoisotopic (exact) mass is 370 g/mol. The third-order valence-corrected chi connectivity index (χ3v) is 9.37. The van der Waals surface area contributed by atoms with Gasteiger partial charge in [-0.3, -0.25) is 4.79 Å². The van der Waals surface area contributed by atoms with Crippen LogP contribution < -0.4 is 0 Å². The fourth-order valence-corrected chi connectivity index (χ4v) is 7.99. The lowest BCUT2D eigenvalue weighted by atomic mass is 9.47. The maximum absolute atomic E-state index is 12.0. The van der Waals surface area contributed by atoms with E-state index in [1.807, 2.05) is 0 Å². The third-order valence-electron chi connectivity index (χ3n) is 9.37. The molecule has 27 heavy (non-hydrogen) atoms. The molecule has 1 aliphatic heterocycles. The molecule has 1 spiro atoms. The van der Waals surface area contributed by atoms with E-state index >= 15 is 0 Å². The van der Waals surface area contributed by atoms with Crippen LogP contribution in [0, 0.1) is 28.6 Å². The first-order valence-corrected chi connectivity index (χ1v) is 11.2. The normalized spacial score (nSPS) is 48.3. The molecule has 0 aromatic carbocycles. The summed E-state index contributed by atoms with van der Waals surface area (Å²) in [6.45, 7) is 7.77. The predicted octanol–water partition coefficient (Wildman–Crippen LogP) is 5.56. The van der Waals surface area contributed by atoms with Gasteiger partial charge in [-0.25, -0.2) is 0 Å². The molecule has 2 saturated carbocycles.